The Morgan fingerprint density at radius 3 is 2.55 bits per heavy atom. The normalized spacial score (nSPS) is 23.5. The Hall–Kier alpha value is -2.83. The summed E-state index contributed by atoms with van der Waals surface area (Å²) in [6.07, 6.45) is 5.96. The highest BCUT2D eigenvalue weighted by molar-refractivity contribution is 5.99. The molecule has 0 bridgehead atoms. The van der Waals surface area contributed by atoms with Crippen LogP contribution in [0, 0.1) is 0 Å². The number of hydrogen-bond acceptors (Lipinski definition) is 4. The number of likely N-dealkylation sites (tertiary alicyclic amines) is 2. The summed E-state index contributed by atoms with van der Waals surface area (Å²) in [4.78, 5) is 29.5. The van der Waals surface area contributed by atoms with Gasteiger partial charge in [-0.3, -0.25) is 9.59 Å². The van der Waals surface area contributed by atoms with E-state index in [0.717, 1.165) is 38.0 Å². The van der Waals surface area contributed by atoms with Crippen LogP contribution in [0.5, 0.6) is 0 Å². The number of nitrogens with zero attached hydrogens (tertiary/aromatic N) is 4. The number of anilines is 1. The Morgan fingerprint density at radius 1 is 1.13 bits per heavy atom. The predicted octanol–water partition coefficient (Wildman–Crippen LogP) is 3.40. The Morgan fingerprint density at radius 2 is 1.87 bits per heavy atom. The lowest BCUT2D eigenvalue weighted by atomic mass is 9.89. The summed E-state index contributed by atoms with van der Waals surface area (Å²) in [6, 6.07) is 10.8. The van der Waals surface area contributed by atoms with Crippen LogP contribution in [0.1, 0.15) is 67.9 Å². The van der Waals surface area contributed by atoms with E-state index in [0.29, 0.717) is 25.1 Å². The molecule has 2 amide bonds. The van der Waals surface area contributed by atoms with Crippen molar-refractivity contribution in [2.75, 3.05) is 25.0 Å². The van der Waals surface area contributed by atoms with Gasteiger partial charge >= 0.3 is 0 Å². The number of piperidine rings is 1. The van der Waals surface area contributed by atoms with Gasteiger partial charge in [-0.15, -0.1) is 0 Å². The molecule has 1 atom stereocenters. The SMILES string of the molecule is CC1(C)CC(c2ccccc2)Nc2c(C(=O)N3CCC(N4CCCC4=O)CC3)cnn21. The maximum atomic E-state index is 13.4. The van der Waals surface area contributed by atoms with Gasteiger partial charge in [0.1, 0.15) is 11.4 Å². The summed E-state index contributed by atoms with van der Waals surface area (Å²) in [5.74, 6) is 1.12. The summed E-state index contributed by atoms with van der Waals surface area (Å²) in [7, 11) is 0. The van der Waals surface area contributed by atoms with E-state index < -0.39 is 0 Å². The Balaban J connectivity index is 1.34. The van der Waals surface area contributed by atoms with E-state index in [4.69, 9.17) is 0 Å². The van der Waals surface area contributed by atoms with E-state index >= 15 is 0 Å². The second-order valence-electron chi connectivity index (χ2n) is 9.66. The molecule has 2 fully saturated rings. The molecule has 1 unspecified atom stereocenters. The summed E-state index contributed by atoms with van der Waals surface area (Å²) < 4.78 is 1.97. The standard InChI is InChI=1S/C24H31N5O2/c1-24(2)15-20(17-7-4-3-5-8-17)26-22-19(16-25-29(22)24)23(31)27-13-10-18(11-14-27)28-12-6-9-21(28)30/h3-5,7-8,16,18,20,26H,6,9-15H2,1-2H3. The lowest BCUT2D eigenvalue weighted by Gasteiger charge is -2.39. The largest absolute Gasteiger partial charge is 0.363 e. The minimum Gasteiger partial charge on any atom is -0.363 e. The van der Waals surface area contributed by atoms with Crippen molar-refractivity contribution in [2.45, 2.75) is 63.6 Å². The molecular formula is C24H31N5O2. The molecule has 1 N–H and O–H groups in total. The van der Waals surface area contributed by atoms with E-state index in [1.807, 2.05) is 20.5 Å². The lowest BCUT2D eigenvalue weighted by molar-refractivity contribution is -0.130. The van der Waals surface area contributed by atoms with E-state index in [9.17, 15) is 9.59 Å². The van der Waals surface area contributed by atoms with Crippen LogP contribution in [0.4, 0.5) is 5.82 Å². The van der Waals surface area contributed by atoms with Gasteiger partial charge in [0.05, 0.1) is 17.8 Å². The first kappa shape index (κ1) is 20.1. The zero-order valence-corrected chi connectivity index (χ0v) is 18.4. The van der Waals surface area contributed by atoms with Gasteiger partial charge in [0, 0.05) is 32.1 Å². The van der Waals surface area contributed by atoms with Crippen LogP contribution in [0.25, 0.3) is 0 Å². The number of rotatable bonds is 3. The number of hydrogen-bond donors (Lipinski definition) is 1. The average Bonchev–Trinajstić information content (AvgIpc) is 3.40. The molecule has 0 radical (unpaired) electrons. The summed E-state index contributed by atoms with van der Waals surface area (Å²) in [6.45, 7) is 6.58. The number of carbonyl (C=O) groups is 2. The van der Waals surface area contributed by atoms with Gasteiger partial charge in [-0.1, -0.05) is 30.3 Å². The van der Waals surface area contributed by atoms with Gasteiger partial charge in [0.2, 0.25) is 5.91 Å². The lowest BCUT2D eigenvalue weighted by Crippen LogP contribution is -2.47. The van der Waals surface area contributed by atoms with Crippen LogP contribution in [-0.4, -0.2) is 57.1 Å². The molecule has 3 aliphatic heterocycles. The smallest absolute Gasteiger partial charge is 0.259 e. The van der Waals surface area contributed by atoms with E-state index in [-0.39, 0.29) is 29.4 Å². The molecule has 164 valence electrons. The number of carbonyl (C=O) groups excluding carboxylic acids is 2. The molecule has 0 saturated carbocycles. The maximum Gasteiger partial charge on any atom is 0.259 e. The van der Waals surface area contributed by atoms with Gasteiger partial charge in [-0.25, -0.2) is 4.68 Å². The van der Waals surface area contributed by atoms with E-state index in [2.05, 4.69) is 48.5 Å². The molecule has 1 aromatic carbocycles. The van der Waals surface area contributed by atoms with Crippen LogP contribution >= 0.6 is 0 Å². The number of aromatic nitrogens is 2. The Kier molecular flexibility index (Phi) is 4.99. The van der Waals surface area contributed by atoms with Crippen LogP contribution < -0.4 is 5.32 Å². The highest BCUT2D eigenvalue weighted by Crippen LogP contribution is 2.40. The quantitative estimate of drug-likeness (QED) is 0.825. The van der Waals surface area contributed by atoms with Crippen LogP contribution in [0.15, 0.2) is 36.5 Å². The van der Waals surface area contributed by atoms with Crippen LogP contribution in [0.2, 0.25) is 0 Å². The predicted molar refractivity (Wildman–Crippen MR) is 119 cm³/mol. The van der Waals surface area contributed by atoms with Crippen molar-refractivity contribution in [3.63, 3.8) is 0 Å². The van der Waals surface area contributed by atoms with E-state index in [1.165, 1.54) is 5.56 Å². The van der Waals surface area contributed by atoms with Crippen molar-refractivity contribution >= 4 is 17.6 Å². The third kappa shape index (κ3) is 3.60. The van der Waals surface area contributed by atoms with Gasteiger partial charge in [0.15, 0.2) is 0 Å². The third-order valence-corrected chi connectivity index (χ3v) is 7.09. The van der Waals surface area contributed by atoms with Crippen molar-refractivity contribution in [2.24, 2.45) is 0 Å². The second-order valence-corrected chi connectivity index (χ2v) is 9.66. The molecule has 0 aliphatic carbocycles. The summed E-state index contributed by atoms with van der Waals surface area (Å²) >= 11 is 0. The number of nitrogens with one attached hydrogen (secondary N) is 1. The van der Waals surface area contributed by atoms with Crippen molar-refractivity contribution in [3.05, 3.63) is 47.7 Å². The van der Waals surface area contributed by atoms with Crippen molar-refractivity contribution < 1.29 is 9.59 Å². The fraction of sp³-hybridized carbons (Fsp3) is 0.542. The molecule has 7 heteroatoms. The van der Waals surface area contributed by atoms with Crippen LogP contribution in [0.3, 0.4) is 0 Å². The minimum atomic E-state index is -0.192. The fourth-order valence-corrected chi connectivity index (χ4v) is 5.40. The van der Waals surface area contributed by atoms with Crippen LogP contribution in [-0.2, 0) is 10.3 Å². The summed E-state index contributed by atoms with van der Waals surface area (Å²) in [5.41, 5.74) is 1.67. The van der Waals surface area contributed by atoms with Gasteiger partial charge in [-0.05, 0) is 45.1 Å². The monoisotopic (exact) mass is 421 g/mol. The zero-order valence-electron chi connectivity index (χ0n) is 18.4. The molecule has 2 saturated heterocycles. The van der Waals surface area contributed by atoms with Crippen molar-refractivity contribution in [1.82, 2.24) is 19.6 Å². The number of amides is 2. The summed E-state index contributed by atoms with van der Waals surface area (Å²) in [5, 5.41) is 8.19. The van der Waals surface area contributed by atoms with Crippen molar-refractivity contribution in [1.29, 1.82) is 0 Å². The zero-order chi connectivity index (χ0) is 21.6. The molecule has 7 nitrogen and oxygen atoms in total. The first-order valence-electron chi connectivity index (χ1n) is 11.4. The molecule has 0 spiro atoms. The minimum absolute atomic E-state index is 0.0319. The van der Waals surface area contributed by atoms with E-state index in [1.54, 1.807) is 6.20 Å². The molecular weight excluding hydrogens is 390 g/mol. The highest BCUT2D eigenvalue weighted by Gasteiger charge is 2.38. The second kappa shape index (κ2) is 7.70. The maximum absolute atomic E-state index is 13.4. The first-order chi connectivity index (χ1) is 14.9. The van der Waals surface area contributed by atoms with Gasteiger partial charge < -0.3 is 15.1 Å². The Bertz CT molecular complexity index is 975. The molecule has 4 heterocycles. The Labute approximate surface area is 183 Å². The number of fused-ring (bicyclic) bond motifs is 1. The third-order valence-electron chi connectivity index (χ3n) is 7.09. The molecule has 5 rings (SSSR count). The molecule has 2 aromatic rings. The number of benzene rings is 1. The highest BCUT2D eigenvalue weighted by atomic mass is 16.2. The van der Waals surface area contributed by atoms with Gasteiger partial charge in [-0.2, -0.15) is 5.10 Å². The van der Waals surface area contributed by atoms with Gasteiger partial charge in [0.25, 0.3) is 5.91 Å². The van der Waals surface area contributed by atoms with Crippen molar-refractivity contribution in [3.8, 4) is 0 Å². The molecule has 31 heavy (non-hydrogen) atoms. The fourth-order valence-electron chi connectivity index (χ4n) is 5.40. The average molecular weight is 422 g/mol. The topological polar surface area (TPSA) is 70.5 Å². The first-order valence-corrected chi connectivity index (χ1v) is 11.4. The molecule has 1 aromatic heterocycles. The molecule has 3 aliphatic rings.